The summed E-state index contributed by atoms with van der Waals surface area (Å²) in [5, 5.41) is 11.9. The SMILES string of the molecule is CCCNCCOCc1ccc(C#N)cc1. The minimum atomic E-state index is 0.611. The van der Waals surface area contributed by atoms with Crippen molar-refractivity contribution in [3.8, 4) is 6.07 Å². The van der Waals surface area contributed by atoms with E-state index in [0.29, 0.717) is 12.2 Å². The molecule has 1 rings (SSSR count). The van der Waals surface area contributed by atoms with Gasteiger partial charge in [-0.25, -0.2) is 0 Å². The maximum atomic E-state index is 8.64. The van der Waals surface area contributed by atoms with E-state index in [-0.39, 0.29) is 0 Å². The largest absolute Gasteiger partial charge is 0.375 e. The van der Waals surface area contributed by atoms with E-state index in [2.05, 4.69) is 18.3 Å². The van der Waals surface area contributed by atoms with Gasteiger partial charge in [0.1, 0.15) is 0 Å². The first-order valence-corrected chi connectivity index (χ1v) is 5.64. The van der Waals surface area contributed by atoms with Crippen molar-refractivity contribution >= 4 is 0 Å². The molecule has 0 radical (unpaired) electrons. The van der Waals surface area contributed by atoms with Crippen molar-refractivity contribution in [3.05, 3.63) is 35.4 Å². The summed E-state index contributed by atoms with van der Waals surface area (Å²) in [7, 11) is 0. The number of ether oxygens (including phenoxy) is 1. The van der Waals surface area contributed by atoms with E-state index >= 15 is 0 Å². The Balaban J connectivity index is 2.15. The number of hydrogen-bond donors (Lipinski definition) is 1. The van der Waals surface area contributed by atoms with E-state index in [1.165, 1.54) is 0 Å². The molecule has 0 aromatic heterocycles. The maximum Gasteiger partial charge on any atom is 0.0991 e. The van der Waals surface area contributed by atoms with Crippen LogP contribution in [0.15, 0.2) is 24.3 Å². The van der Waals surface area contributed by atoms with Gasteiger partial charge in [0.25, 0.3) is 0 Å². The highest BCUT2D eigenvalue weighted by Gasteiger charge is 1.94. The van der Waals surface area contributed by atoms with Crippen LogP contribution >= 0.6 is 0 Å². The summed E-state index contributed by atoms with van der Waals surface area (Å²) in [5.74, 6) is 0. The Kier molecular flexibility index (Phi) is 6.24. The molecule has 0 spiro atoms. The molecule has 1 aromatic carbocycles. The number of rotatable bonds is 7. The van der Waals surface area contributed by atoms with E-state index in [0.717, 1.165) is 31.7 Å². The first-order chi connectivity index (χ1) is 7.86. The van der Waals surface area contributed by atoms with Crippen molar-refractivity contribution in [2.75, 3.05) is 19.7 Å². The topological polar surface area (TPSA) is 45.0 Å². The molecule has 86 valence electrons. The second kappa shape index (κ2) is 7.86. The molecule has 1 aromatic rings. The van der Waals surface area contributed by atoms with Crippen molar-refractivity contribution in [1.29, 1.82) is 5.26 Å². The molecule has 16 heavy (non-hydrogen) atoms. The lowest BCUT2D eigenvalue weighted by Crippen LogP contribution is -2.20. The predicted molar refractivity (Wildman–Crippen MR) is 64.0 cm³/mol. The van der Waals surface area contributed by atoms with Crippen LogP contribution in [-0.2, 0) is 11.3 Å². The summed E-state index contributed by atoms with van der Waals surface area (Å²) in [6.07, 6.45) is 1.15. The number of benzene rings is 1. The standard InChI is InChI=1S/C13H18N2O/c1-2-7-15-8-9-16-11-13-5-3-12(10-14)4-6-13/h3-6,15H,2,7-9,11H2,1H3. The molecule has 0 aliphatic heterocycles. The van der Waals surface area contributed by atoms with Crippen LogP contribution in [0.3, 0.4) is 0 Å². The molecule has 0 aliphatic rings. The molecule has 0 saturated carbocycles. The number of nitriles is 1. The Bertz CT molecular complexity index is 327. The van der Waals surface area contributed by atoms with Gasteiger partial charge in [0, 0.05) is 6.54 Å². The lowest BCUT2D eigenvalue weighted by atomic mass is 10.2. The zero-order valence-electron chi connectivity index (χ0n) is 9.70. The molecule has 0 heterocycles. The van der Waals surface area contributed by atoms with Crippen molar-refractivity contribution < 1.29 is 4.74 Å². The molecule has 0 fully saturated rings. The first kappa shape index (κ1) is 12.7. The third-order valence-corrected chi connectivity index (χ3v) is 2.20. The van der Waals surface area contributed by atoms with Crippen LogP contribution < -0.4 is 5.32 Å². The smallest absolute Gasteiger partial charge is 0.0991 e. The summed E-state index contributed by atoms with van der Waals surface area (Å²) in [5.41, 5.74) is 1.79. The van der Waals surface area contributed by atoms with Crippen molar-refractivity contribution in [2.24, 2.45) is 0 Å². The van der Waals surface area contributed by atoms with Gasteiger partial charge in [-0.15, -0.1) is 0 Å². The third kappa shape index (κ3) is 4.92. The van der Waals surface area contributed by atoms with E-state index in [4.69, 9.17) is 10.00 Å². The summed E-state index contributed by atoms with van der Waals surface area (Å²) >= 11 is 0. The van der Waals surface area contributed by atoms with Gasteiger partial charge in [-0.05, 0) is 30.7 Å². The Labute approximate surface area is 97.0 Å². The lowest BCUT2D eigenvalue weighted by Gasteiger charge is -2.05. The van der Waals surface area contributed by atoms with Gasteiger partial charge in [-0.2, -0.15) is 5.26 Å². The fourth-order valence-corrected chi connectivity index (χ4v) is 1.31. The third-order valence-electron chi connectivity index (χ3n) is 2.20. The Morgan fingerprint density at radius 3 is 2.62 bits per heavy atom. The first-order valence-electron chi connectivity index (χ1n) is 5.64. The van der Waals surface area contributed by atoms with Gasteiger partial charge < -0.3 is 10.1 Å². The van der Waals surface area contributed by atoms with Crippen LogP contribution in [0.4, 0.5) is 0 Å². The summed E-state index contributed by atoms with van der Waals surface area (Å²) in [4.78, 5) is 0. The normalized spacial score (nSPS) is 10.0. The molecule has 3 nitrogen and oxygen atoms in total. The van der Waals surface area contributed by atoms with E-state index < -0.39 is 0 Å². The van der Waals surface area contributed by atoms with Gasteiger partial charge in [-0.1, -0.05) is 19.1 Å². The Morgan fingerprint density at radius 2 is 2.00 bits per heavy atom. The van der Waals surface area contributed by atoms with Gasteiger partial charge in [0.15, 0.2) is 0 Å². The zero-order chi connectivity index (χ0) is 11.6. The monoisotopic (exact) mass is 218 g/mol. The van der Waals surface area contributed by atoms with E-state index in [9.17, 15) is 0 Å². The van der Waals surface area contributed by atoms with Crippen LogP contribution in [0.25, 0.3) is 0 Å². The van der Waals surface area contributed by atoms with Crippen molar-refractivity contribution in [2.45, 2.75) is 20.0 Å². The van der Waals surface area contributed by atoms with E-state index in [1.54, 1.807) is 0 Å². The highest BCUT2D eigenvalue weighted by molar-refractivity contribution is 5.31. The number of nitrogens with zero attached hydrogens (tertiary/aromatic N) is 1. The molecule has 0 saturated heterocycles. The van der Waals surface area contributed by atoms with Crippen LogP contribution in [0.5, 0.6) is 0 Å². The second-order valence-corrected chi connectivity index (χ2v) is 3.61. The predicted octanol–water partition coefficient (Wildman–Crippen LogP) is 2.07. The average molecular weight is 218 g/mol. The van der Waals surface area contributed by atoms with Crippen LogP contribution in [0.1, 0.15) is 24.5 Å². The molecule has 0 unspecified atom stereocenters. The second-order valence-electron chi connectivity index (χ2n) is 3.61. The molecule has 0 bridgehead atoms. The highest BCUT2D eigenvalue weighted by Crippen LogP contribution is 2.04. The molecule has 0 amide bonds. The molecule has 1 N–H and O–H groups in total. The molecule has 0 aliphatic carbocycles. The molecular formula is C13H18N2O. The average Bonchev–Trinajstić information content (AvgIpc) is 2.34. The molecule has 3 heteroatoms. The highest BCUT2D eigenvalue weighted by atomic mass is 16.5. The van der Waals surface area contributed by atoms with Crippen molar-refractivity contribution in [1.82, 2.24) is 5.32 Å². The Morgan fingerprint density at radius 1 is 1.25 bits per heavy atom. The number of hydrogen-bond acceptors (Lipinski definition) is 3. The minimum Gasteiger partial charge on any atom is -0.375 e. The zero-order valence-corrected chi connectivity index (χ0v) is 9.70. The van der Waals surface area contributed by atoms with Crippen LogP contribution in [0.2, 0.25) is 0 Å². The fraction of sp³-hybridized carbons (Fsp3) is 0.462. The number of nitrogens with one attached hydrogen (secondary N) is 1. The molecular weight excluding hydrogens is 200 g/mol. The quantitative estimate of drug-likeness (QED) is 0.713. The summed E-state index contributed by atoms with van der Waals surface area (Å²) < 4.78 is 5.49. The molecule has 0 atom stereocenters. The van der Waals surface area contributed by atoms with Crippen LogP contribution in [0, 0.1) is 11.3 Å². The Hall–Kier alpha value is -1.37. The lowest BCUT2D eigenvalue weighted by molar-refractivity contribution is 0.123. The maximum absolute atomic E-state index is 8.64. The van der Waals surface area contributed by atoms with Gasteiger partial charge in [0.2, 0.25) is 0 Å². The van der Waals surface area contributed by atoms with Gasteiger partial charge >= 0.3 is 0 Å². The summed E-state index contributed by atoms with van der Waals surface area (Å²) in [6, 6.07) is 9.58. The van der Waals surface area contributed by atoms with E-state index in [1.807, 2.05) is 24.3 Å². The van der Waals surface area contributed by atoms with Crippen molar-refractivity contribution in [3.63, 3.8) is 0 Å². The van der Waals surface area contributed by atoms with Gasteiger partial charge in [0.05, 0.1) is 24.8 Å². The van der Waals surface area contributed by atoms with Crippen LogP contribution in [-0.4, -0.2) is 19.7 Å². The van der Waals surface area contributed by atoms with Gasteiger partial charge in [-0.3, -0.25) is 0 Å². The minimum absolute atomic E-state index is 0.611. The fourth-order valence-electron chi connectivity index (χ4n) is 1.31. The summed E-state index contributed by atoms with van der Waals surface area (Å²) in [6.45, 7) is 5.41.